The molecule has 0 atom stereocenters. The van der Waals surface area contributed by atoms with Crippen LogP contribution < -0.4 is 0 Å². The van der Waals surface area contributed by atoms with Gasteiger partial charge in [0.15, 0.2) is 0 Å². The van der Waals surface area contributed by atoms with Gasteiger partial charge in [-0.3, -0.25) is 0 Å². The van der Waals surface area contributed by atoms with Gasteiger partial charge in [-0.25, -0.2) is 12.8 Å². The molecule has 31 heavy (non-hydrogen) atoms. The van der Waals surface area contributed by atoms with Crippen LogP contribution in [0.3, 0.4) is 0 Å². The normalized spacial score (nSPS) is 20.9. The summed E-state index contributed by atoms with van der Waals surface area (Å²) in [5.74, 6) is 14.7. The van der Waals surface area contributed by atoms with E-state index in [9.17, 15) is 0 Å². The number of hydrogen-bond acceptors (Lipinski definition) is 0. The summed E-state index contributed by atoms with van der Waals surface area (Å²) in [5, 5.41) is 0. The second kappa shape index (κ2) is 20.8. The van der Waals surface area contributed by atoms with E-state index in [1.807, 2.05) is 0 Å². The van der Waals surface area contributed by atoms with Gasteiger partial charge in [0, 0.05) is 8.80 Å². The summed E-state index contributed by atoms with van der Waals surface area (Å²) in [7, 11) is 0.120. The minimum Gasteiger partial charge on any atom is -0.493 e. The van der Waals surface area contributed by atoms with Gasteiger partial charge in [-0.1, -0.05) is 88.9 Å². The van der Waals surface area contributed by atoms with E-state index in [2.05, 4.69) is 88.9 Å². The first kappa shape index (κ1) is 39.7. The van der Waals surface area contributed by atoms with Crippen molar-refractivity contribution in [2.45, 2.75) is 88.9 Å². The molecule has 2 aliphatic carbocycles. The van der Waals surface area contributed by atoms with Crippen molar-refractivity contribution in [3.8, 4) is 0 Å². The third-order valence-electron chi connectivity index (χ3n) is 5.85. The molecule has 0 spiro atoms. The first-order chi connectivity index (χ1) is 13.3. The molecule has 0 nitrogen and oxygen atoms in total. The molecule has 0 amide bonds. The van der Waals surface area contributed by atoms with Gasteiger partial charge in [-0.05, 0) is 59.2 Å². The minimum atomic E-state index is 0. The Morgan fingerprint density at radius 1 is 0.452 bits per heavy atom. The summed E-state index contributed by atoms with van der Waals surface area (Å²) < 4.78 is 0. The van der Waals surface area contributed by atoms with Crippen molar-refractivity contribution < 1.29 is 39.0 Å². The molecule has 2 rings (SSSR count). The van der Waals surface area contributed by atoms with E-state index in [1.54, 1.807) is 6.42 Å². The first-order valence-corrected chi connectivity index (χ1v) is 13.3. The van der Waals surface area contributed by atoms with E-state index in [-0.39, 0.29) is 47.8 Å². The minimum absolute atomic E-state index is 0. The maximum absolute atomic E-state index is 4.85. The van der Waals surface area contributed by atoms with Crippen LogP contribution in [0.5, 0.6) is 0 Å². The standard InChI is InChI=1S/2C10H15.C5H5.C3H9Si.2Ru/c2*1-6-7(2)9(4)10(5)8(6)3;1-3-5-4-2;1-4(2)3;;/h2*1-5H3;1-5H;1-3H3;;/q;;-2;;+2;+3. The molecule has 0 N–H and O–H groups in total. The van der Waals surface area contributed by atoms with E-state index in [0.29, 0.717) is 0 Å². The Hall–Kier alpha value is 1.46. The number of rotatable bonds is 2. The SMILES string of the molecule is C[C]1[C](C)[C](C)[C](C)[C]1C.C[C]1[C](C)[C](C)[C](C)[C]1C.C[Si](C)C.[CH-][CH][CH][CH][CH-].[Ru+2].[Ru+3]. The fourth-order valence-electron chi connectivity index (χ4n) is 2.88. The molecule has 0 unspecified atom stereocenters. The van der Waals surface area contributed by atoms with Crippen LogP contribution in [-0.2, 0) is 39.0 Å². The summed E-state index contributed by atoms with van der Waals surface area (Å²) in [6, 6.07) is 0. The third-order valence-corrected chi connectivity index (χ3v) is 5.85. The molecule has 0 aromatic carbocycles. The fourth-order valence-corrected chi connectivity index (χ4v) is 2.88. The Bertz CT molecular complexity index is 263. The predicted octanol–water partition coefficient (Wildman–Crippen LogP) is 8.33. The van der Waals surface area contributed by atoms with Gasteiger partial charge in [-0.15, -0.1) is 6.42 Å². The Morgan fingerprint density at radius 2 is 0.548 bits per heavy atom. The maximum Gasteiger partial charge on any atom is 3.00 e. The van der Waals surface area contributed by atoms with Crippen molar-refractivity contribution >= 4 is 8.80 Å². The van der Waals surface area contributed by atoms with Crippen LogP contribution >= 0.6 is 0 Å². The number of hydrogen-bond donors (Lipinski definition) is 0. The van der Waals surface area contributed by atoms with Crippen LogP contribution in [0.4, 0.5) is 0 Å². The van der Waals surface area contributed by atoms with E-state index in [4.69, 9.17) is 13.8 Å². The topological polar surface area (TPSA) is 0 Å². The zero-order chi connectivity index (χ0) is 23.5. The summed E-state index contributed by atoms with van der Waals surface area (Å²) in [4.78, 5) is 0. The van der Waals surface area contributed by atoms with Crippen LogP contribution in [0.25, 0.3) is 0 Å². The Labute approximate surface area is 227 Å². The predicted molar refractivity (Wildman–Crippen MR) is 134 cm³/mol. The van der Waals surface area contributed by atoms with Gasteiger partial charge in [0.05, 0.1) is 0 Å². The molecule has 2 saturated carbocycles. The average Bonchev–Trinajstić information content (AvgIpc) is 2.93. The Balaban J connectivity index is -0.000000164. The Morgan fingerprint density at radius 3 is 0.581 bits per heavy atom. The molecule has 0 bridgehead atoms. The van der Waals surface area contributed by atoms with E-state index in [0.717, 1.165) is 0 Å². The smallest absolute Gasteiger partial charge is 0.493 e. The average molecular weight is 611 g/mol. The molecule has 2 fully saturated rings. The molecule has 0 aromatic heterocycles. The molecular formula is C28H44Ru2Si+3. The zero-order valence-electron chi connectivity index (χ0n) is 22.1. The summed E-state index contributed by atoms with van der Waals surface area (Å²) in [5.41, 5.74) is 0. The molecule has 0 heterocycles. The van der Waals surface area contributed by atoms with Gasteiger partial charge in [0.2, 0.25) is 0 Å². The molecule has 3 heteroatoms. The quantitative estimate of drug-likeness (QED) is 0.218. The van der Waals surface area contributed by atoms with E-state index in [1.165, 1.54) is 72.0 Å². The van der Waals surface area contributed by atoms with Crippen LogP contribution in [0.15, 0.2) is 0 Å². The fraction of sp³-hybridized carbons (Fsp3) is 0.464. The van der Waals surface area contributed by atoms with Crippen LogP contribution in [0.1, 0.15) is 69.2 Å². The molecule has 0 saturated heterocycles. The molecule has 173 valence electrons. The van der Waals surface area contributed by atoms with Gasteiger partial charge in [0.1, 0.15) is 0 Å². The van der Waals surface area contributed by atoms with Crippen molar-refractivity contribution in [1.82, 2.24) is 0 Å². The van der Waals surface area contributed by atoms with Gasteiger partial charge >= 0.3 is 39.0 Å². The summed E-state index contributed by atoms with van der Waals surface area (Å²) in [6.07, 6.45) is 4.31. The van der Waals surface area contributed by atoms with Gasteiger partial charge < -0.3 is 13.8 Å². The van der Waals surface area contributed by atoms with E-state index < -0.39 is 0 Å². The van der Waals surface area contributed by atoms with Crippen molar-refractivity contribution in [1.29, 1.82) is 0 Å². The van der Waals surface area contributed by atoms with Gasteiger partial charge in [-0.2, -0.15) is 0 Å². The maximum atomic E-state index is 4.85. The molecule has 0 aromatic rings. The van der Waals surface area contributed by atoms with Crippen LogP contribution in [-0.4, -0.2) is 8.80 Å². The molecule has 2 aliphatic rings. The zero-order valence-corrected chi connectivity index (χ0v) is 26.6. The molecule has 0 aliphatic heterocycles. The van der Waals surface area contributed by atoms with Crippen molar-refractivity contribution in [2.24, 2.45) is 0 Å². The third kappa shape index (κ3) is 14.5. The van der Waals surface area contributed by atoms with Crippen molar-refractivity contribution in [3.63, 3.8) is 0 Å². The number of unbranched alkanes of at least 4 members (excludes halogenated alkanes) is 2. The van der Waals surface area contributed by atoms with Crippen LogP contribution in [0.2, 0.25) is 19.6 Å². The van der Waals surface area contributed by atoms with Crippen LogP contribution in [0, 0.1) is 92.3 Å². The summed E-state index contributed by atoms with van der Waals surface area (Å²) >= 11 is 0. The Kier molecular flexibility index (Phi) is 26.6. The largest absolute Gasteiger partial charge is 3.00 e. The summed E-state index contributed by atoms with van der Waals surface area (Å²) in [6.45, 7) is 38.5. The van der Waals surface area contributed by atoms with Crippen molar-refractivity contribution in [2.75, 3.05) is 0 Å². The second-order valence-corrected chi connectivity index (χ2v) is 11.3. The monoisotopic (exact) mass is 612 g/mol. The molecule has 17 radical (unpaired) electrons. The van der Waals surface area contributed by atoms with E-state index >= 15 is 0 Å². The first-order valence-electron chi connectivity index (χ1n) is 10.3. The molecular weight excluding hydrogens is 567 g/mol. The second-order valence-electron chi connectivity index (χ2n) is 8.33. The van der Waals surface area contributed by atoms with Crippen molar-refractivity contribution in [3.05, 3.63) is 92.3 Å². The van der Waals surface area contributed by atoms with Gasteiger partial charge in [0.25, 0.3) is 0 Å².